The Morgan fingerprint density at radius 1 is 1.07 bits per heavy atom. The van der Waals surface area contributed by atoms with Crippen LogP contribution >= 0.6 is 11.3 Å². The monoisotopic (exact) mass is 418 g/mol. The summed E-state index contributed by atoms with van der Waals surface area (Å²) in [5, 5.41) is 5.57. The van der Waals surface area contributed by atoms with E-state index in [1.54, 1.807) is 4.57 Å². The van der Waals surface area contributed by atoms with Gasteiger partial charge in [0, 0.05) is 16.8 Å². The van der Waals surface area contributed by atoms with Crippen LogP contribution in [0.25, 0.3) is 15.8 Å². The van der Waals surface area contributed by atoms with Crippen LogP contribution in [0.2, 0.25) is 0 Å². The molecule has 0 aliphatic carbocycles. The molecule has 3 N–H and O–H groups in total. The molecule has 0 radical (unpaired) electrons. The van der Waals surface area contributed by atoms with Crippen LogP contribution in [0.1, 0.15) is 16.1 Å². The first-order valence-electron chi connectivity index (χ1n) is 9.22. The lowest BCUT2D eigenvalue weighted by Gasteiger charge is -2.17. The van der Waals surface area contributed by atoms with Gasteiger partial charge in [-0.1, -0.05) is 36.4 Å². The highest BCUT2D eigenvalue weighted by Crippen LogP contribution is 2.26. The molecule has 2 heterocycles. The Kier molecular flexibility index (Phi) is 5.40. The first-order chi connectivity index (χ1) is 14.5. The molecule has 4 aromatic rings. The molecule has 0 saturated heterocycles. The summed E-state index contributed by atoms with van der Waals surface area (Å²) in [7, 11) is 0. The third kappa shape index (κ3) is 3.85. The summed E-state index contributed by atoms with van der Waals surface area (Å²) in [6, 6.07) is 15.9. The Labute approximate surface area is 176 Å². The second-order valence-electron chi connectivity index (χ2n) is 6.70. The molecule has 0 aliphatic rings. The number of hydrogen-bond acceptors (Lipinski definition) is 5. The number of nitrogens with one attached hydrogen (secondary N) is 1. The first-order valence-corrected chi connectivity index (χ1v) is 10.1. The number of amides is 2. The zero-order valence-electron chi connectivity index (χ0n) is 15.8. The Hall–Kier alpha value is -3.78. The molecule has 0 fully saturated rings. The molecular formula is C22H18N4O3S. The van der Waals surface area contributed by atoms with Gasteiger partial charge in [0.05, 0.1) is 12.5 Å². The number of nitrogens with zero attached hydrogens (tertiary/aromatic N) is 2. The molecule has 0 spiro atoms. The zero-order valence-corrected chi connectivity index (χ0v) is 16.6. The highest BCUT2D eigenvalue weighted by molar-refractivity contribution is 7.17. The molecule has 2 amide bonds. The lowest BCUT2D eigenvalue weighted by molar-refractivity contribution is -0.137. The number of nitrogens with two attached hydrogens (primary N) is 1. The number of hydrogen-bond donors (Lipinski definition) is 2. The molecule has 150 valence electrons. The maximum atomic E-state index is 13.0. The molecule has 0 aliphatic heterocycles. The summed E-state index contributed by atoms with van der Waals surface area (Å²) < 4.78 is 2.67. The second-order valence-corrected chi connectivity index (χ2v) is 7.61. The zero-order chi connectivity index (χ0) is 21.1. The largest absolute Gasteiger partial charge is 0.363 e. The molecule has 1 unspecified atom stereocenters. The predicted molar refractivity (Wildman–Crippen MR) is 115 cm³/mol. The van der Waals surface area contributed by atoms with E-state index in [2.05, 4.69) is 10.3 Å². The fourth-order valence-electron chi connectivity index (χ4n) is 3.28. The third-order valence-corrected chi connectivity index (χ3v) is 5.77. The summed E-state index contributed by atoms with van der Waals surface area (Å²) >= 11 is 1.54. The van der Waals surface area contributed by atoms with Crippen LogP contribution in [0.15, 0.2) is 72.5 Å². The van der Waals surface area contributed by atoms with Crippen molar-refractivity contribution in [1.82, 2.24) is 14.9 Å². The van der Waals surface area contributed by atoms with Crippen LogP contribution in [0, 0.1) is 0 Å². The van der Waals surface area contributed by atoms with Crippen molar-refractivity contribution in [2.45, 2.75) is 12.5 Å². The third-order valence-electron chi connectivity index (χ3n) is 4.76. The van der Waals surface area contributed by atoms with Crippen LogP contribution in [0.5, 0.6) is 0 Å². The smallest absolute Gasteiger partial charge is 0.287 e. The topological polar surface area (TPSA) is 107 Å². The number of para-hydroxylation sites is 1. The van der Waals surface area contributed by atoms with Crippen molar-refractivity contribution >= 4 is 39.0 Å². The van der Waals surface area contributed by atoms with Crippen molar-refractivity contribution in [3.05, 3.63) is 83.8 Å². The molecule has 1 atom stereocenters. The lowest BCUT2D eigenvalue weighted by atomic mass is 10.0. The van der Waals surface area contributed by atoms with Crippen molar-refractivity contribution in [1.29, 1.82) is 0 Å². The summed E-state index contributed by atoms with van der Waals surface area (Å²) in [5.41, 5.74) is 7.11. The molecule has 0 bridgehead atoms. The second kappa shape index (κ2) is 8.30. The van der Waals surface area contributed by atoms with Crippen LogP contribution in [0.3, 0.4) is 0 Å². The van der Waals surface area contributed by atoms with Crippen LogP contribution in [0.4, 0.5) is 0 Å². The number of thiophene rings is 1. The summed E-state index contributed by atoms with van der Waals surface area (Å²) in [4.78, 5) is 41.1. The van der Waals surface area contributed by atoms with Gasteiger partial charge in [0.1, 0.15) is 11.7 Å². The minimum atomic E-state index is -1.09. The highest BCUT2D eigenvalue weighted by atomic mass is 32.1. The van der Waals surface area contributed by atoms with Gasteiger partial charge in [0.15, 0.2) is 0 Å². The van der Waals surface area contributed by atoms with E-state index in [-0.39, 0.29) is 12.1 Å². The first kappa shape index (κ1) is 19.5. The van der Waals surface area contributed by atoms with Crippen molar-refractivity contribution in [3.8, 4) is 5.69 Å². The molecule has 2 aromatic carbocycles. The van der Waals surface area contributed by atoms with Gasteiger partial charge >= 0.3 is 0 Å². The number of primary amides is 1. The van der Waals surface area contributed by atoms with Gasteiger partial charge in [-0.15, -0.1) is 11.3 Å². The number of rotatable bonds is 7. The lowest BCUT2D eigenvalue weighted by Crippen LogP contribution is -2.47. The fourth-order valence-corrected chi connectivity index (χ4v) is 4.26. The fraction of sp³-hybridized carbons (Fsp3) is 0.0909. The number of imidazole rings is 1. The van der Waals surface area contributed by atoms with Crippen molar-refractivity contribution < 1.29 is 14.4 Å². The van der Waals surface area contributed by atoms with E-state index in [0.29, 0.717) is 0 Å². The standard InChI is InChI=1S/C22H18N4O3S/c23-21(28)20(27)17(10-14-12-30-19-9-5-4-8-16(14)19)25-22(29)18-11-24-13-26(18)15-6-2-1-3-7-15/h1-9,11-13,17H,10H2,(H2,23,28)(H,25,29). The van der Waals surface area contributed by atoms with Crippen LogP contribution in [-0.4, -0.2) is 33.2 Å². The van der Waals surface area contributed by atoms with E-state index in [9.17, 15) is 14.4 Å². The van der Waals surface area contributed by atoms with Gasteiger partial charge in [-0.05, 0) is 34.5 Å². The number of carbonyl (C=O) groups is 3. The maximum Gasteiger partial charge on any atom is 0.287 e. The number of carbonyl (C=O) groups excluding carboxylic acids is 3. The quantitative estimate of drug-likeness (QED) is 0.450. The van der Waals surface area contributed by atoms with Crippen molar-refractivity contribution in [2.75, 3.05) is 0 Å². The molecule has 7 nitrogen and oxygen atoms in total. The predicted octanol–water partition coefficient (Wildman–Crippen LogP) is 2.48. The van der Waals surface area contributed by atoms with Gasteiger partial charge in [-0.25, -0.2) is 4.98 Å². The number of ketones is 1. The minimum absolute atomic E-state index is 0.164. The maximum absolute atomic E-state index is 13.0. The van der Waals surface area contributed by atoms with E-state index >= 15 is 0 Å². The SMILES string of the molecule is NC(=O)C(=O)C(Cc1csc2ccccc12)NC(=O)c1cncn1-c1ccccc1. The molecule has 4 rings (SSSR count). The number of fused-ring (bicyclic) bond motifs is 1. The summed E-state index contributed by atoms with van der Waals surface area (Å²) in [6.45, 7) is 0. The van der Waals surface area contributed by atoms with E-state index in [4.69, 9.17) is 5.73 Å². The summed E-state index contributed by atoms with van der Waals surface area (Å²) in [5.74, 6) is -2.45. The Bertz CT molecular complexity index is 1230. The van der Waals surface area contributed by atoms with Gasteiger partial charge in [-0.2, -0.15) is 0 Å². The number of benzene rings is 2. The van der Waals surface area contributed by atoms with Gasteiger partial charge in [-0.3, -0.25) is 19.0 Å². The molecule has 30 heavy (non-hydrogen) atoms. The highest BCUT2D eigenvalue weighted by Gasteiger charge is 2.28. The molecular weight excluding hydrogens is 400 g/mol. The summed E-state index contributed by atoms with van der Waals surface area (Å²) in [6.07, 6.45) is 3.09. The van der Waals surface area contributed by atoms with Gasteiger partial charge in [0.25, 0.3) is 11.8 Å². The minimum Gasteiger partial charge on any atom is -0.363 e. The Morgan fingerprint density at radius 3 is 2.57 bits per heavy atom. The normalized spacial score (nSPS) is 11.9. The van der Waals surface area contributed by atoms with Crippen LogP contribution < -0.4 is 11.1 Å². The van der Waals surface area contributed by atoms with Crippen LogP contribution in [-0.2, 0) is 16.0 Å². The van der Waals surface area contributed by atoms with Gasteiger partial charge < -0.3 is 11.1 Å². The van der Waals surface area contributed by atoms with Gasteiger partial charge in [0.2, 0.25) is 5.78 Å². The molecule has 2 aromatic heterocycles. The van der Waals surface area contributed by atoms with Crippen molar-refractivity contribution in [2.24, 2.45) is 5.73 Å². The van der Waals surface area contributed by atoms with E-state index in [1.165, 1.54) is 23.9 Å². The average molecular weight is 418 g/mol. The Balaban J connectivity index is 1.62. The Morgan fingerprint density at radius 2 is 1.80 bits per heavy atom. The number of Topliss-reactive ketones (excluding diaryl/α,β-unsaturated/α-hetero) is 1. The average Bonchev–Trinajstić information content (AvgIpc) is 3.41. The molecule has 0 saturated carbocycles. The van der Waals surface area contributed by atoms with E-state index < -0.39 is 23.6 Å². The van der Waals surface area contributed by atoms with E-state index in [1.807, 2.05) is 60.0 Å². The number of aromatic nitrogens is 2. The van der Waals surface area contributed by atoms with Crippen molar-refractivity contribution in [3.63, 3.8) is 0 Å². The molecule has 8 heteroatoms. The van der Waals surface area contributed by atoms with E-state index in [0.717, 1.165) is 21.3 Å².